The van der Waals surface area contributed by atoms with Crippen LogP contribution in [0.1, 0.15) is 28.5 Å². The van der Waals surface area contributed by atoms with Crippen molar-refractivity contribution < 1.29 is 22.4 Å². The molecule has 0 saturated carbocycles. The van der Waals surface area contributed by atoms with Crippen molar-refractivity contribution in [2.45, 2.75) is 33.5 Å². The van der Waals surface area contributed by atoms with E-state index >= 15 is 0 Å². The zero-order valence-corrected chi connectivity index (χ0v) is 12.8. The van der Waals surface area contributed by atoms with Gasteiger partial charge in [-0.2, -0.15) is 13.2 Å². The second-order valence-corrected chi connectivity index (χ2v) is 5.08. The first-order valence-electron chi connectivity index (χ1n) is 6.82. The van der Waals surface area contributed by atoms with Crippen molar-refractivity contribution in [1.82, 2.24) is 10.3 Å². The molecule has 2 aromatic rings. The summed E-state index contributed by atoms with van der Waals surface area (Å²) in [4.78, 5) is 15.9. The van der Waals surface area contributed by atoms with Crippen molar-refractivity contribution >= 4 is 11.7 Å². The quantitative estimate of drug-likeness (QED) is 0.897. The zero-order chi connectivity index (χ0) is 17.2. The third kappa shape index (κ3) is 4.24. The molecule has 2 N–H and O–H groups in total. The predicted octanol–water partition coefficient (Wildman–Crippen LogP) is 3.94. The normalized spacial score (nSPS) is 11.4. The predicted molar refractivity (Wildman–Crippen MR) is 78.0 cm³/mol. The van der Waals surface area contributed by atoms with Crippen LogP contribution in [-0.4, -0.2) is 11.0 Å². The van der Waals surface area contributed by atoms with Crippen molar-refractivity contribution in [2.75, 3.05) is 5.32 Å². The first-order valence-corrected chi connectivity index (χ1v) is 6.82. The van der Waals surface area contributed by atoms with Gasteiger partial charge in [-0.1, -0.05) is 6.07 Å². The van der Waals surface area contributed by atoms with Crippen LogP contribution in [0.4, 0.5) is 23.7 Å². The first kappa shape index (κ1) is 16.9. The number of aryl methyl sites for hydroxylation is 3. The minimum Gasteiger partial charge on any atom is -0.444 e. The van der Waals surface area contributed by atoms with Gasteiger partial charge in [0.2, 0.25) is 5.89 Å². The van der Waals surface area contributed by atoms with Crippen LogP contribution in [-0.2, 0) is 12.7 Å². The highest BCUT2D eigenvalue weighted by Crippen LogP contribution is 2.31. The number of carbonyl (C=O) groups excluding carboxylic acids is 1. The average Bonchev–Trinajstić information content (AvgIpc) is 2.77. The number of amides is 2. The second-order valence-electron chi connectivity index (χ2n) is 5.08. The third-order valence-electron chi connectivity index (χ3n) is 3.29. The van der Waals surface area contributed by atoms with Crippen LogP contribution in [0.3, 0.4) is 0 Å². The topological polar surface area (TPSA) is 67.2 Å². The number of oxazole rings is 1. The summed E-state index contributed by atoms with van der Waals surface area (Å²) < 4.78 is 43.4. The molecule has 2 rings (SSSR count). The molecule has 5 nitrogen and oxygen atoms in total. The van der Waals surface area contributed by atoms with Gasteiger partial charge in [0.25, 0.3) is 0 Å². The lowest BCUT2D eigenvalue weighted by Gasteiger charge is -2.12. The summed E-state index contributed by atoms with van der Waals surface area (Å²) in [5, 5.41) is 4.88. The Morgan fingerprint density at radius 1 is 1.26 bits per heavy atom. The molecule has 0 aliphatic carbocycles. The van der Waals surface area contributed by atoms with E-state index in [2.05, 4.69) is 15.6 Å². The van der Waals surface area contributed by atoms with Crippen LogP contribution >= 0.6 is 0 Å². The SMILES string of the molecule is Cc1ccc(C(F)(F)F)cc1NC(=O)NCc1nc(C)c(C)o1. The maximum atomic E-state index is 12.7. The van der Waals surface area contributed by atoms with Crippen LogP contribution in [0.5, 0.6) is 0 Å². The smallest absolute Gasteiger partial charge is 0.416 e. The van der Waals surface area contributed by atoms with Crippen molar-refractivity contribution in [2.24, 2.45) is 0 Å². The van der Waals surface area contributed by atoms with Gasteiger partial charge in [0.1, 0.15) is 5.76 Å². The number of hydrogen-bond donors (Lipinski definition) is 2. The van der Waals surface area contributed by atoms with Crippen molar-refractivity contribution in [1.29, 1.82) is 0 Å². The number of aromatic nitrogens is 1. The molecule has 0 bridgehead atoms. The van der Waals surface area contributed by atoms with E-state index in [9.17, 15) is 18.0 Å². The number of nitrogens with one attached hydrogen (secondary N) is 2. The average molecular weight is 327 g/mol. The molecule has 23 heavy (non-hydrogen) atoms. The summed E-state index contributed by atoms with van der Waals surface area (Å²) >= 11 is 0. The van der Waals surface area contributed by atoms with Gasteiger partial charge in [-0.25, -0.2) is 9.78 Å². The summed E-state index contributed by atoms with van der Waals surface area (Å²) in [5.74, 6) is 0.979. The van der Waals surface area contributed by atoms with Gasteiger partial charge in [-0.05, 0) is 38.5 Å². The van der Waals surface area contributed by atoms with E-state index in [-0.39, 0.29) is 12.2 Å². The van der Waals surface area contributed by atoms with E-state index in [0.29, 0.717) is 17.2 Å². The first-order chi connectivity index (χ1) is 10.7. The Labute approximate surface area is 130 Å². The number of carbonyl (C=O) groups is 1. The minimum absolute atomic E-state index is 0.0402. The Kier molecular flexibility index (Phi) is 4.63. The summed E-state index contributed by atoms with van der Waals surface area (Å²) in [5.41, 5.74) is 0.515. The Bertz CT molecular complexity index is 704. The fourth-order valence-electron chi connectivity index (χ4n) is 1.87. The molecule has 8 heteroatoms. The van der Waals surface area contributed by atoms with Crippen molar-refractivity contribution in [3.05, 3.63) is 46.7 Å². The molecule has 1 heterocycles. The number of nitrogens with zero attached hydrogens (tertiary/aromatic N) is 1. The van der Waals surface area contributed by atoms with Gasteiger partial charge in [0.05, 0.1) is 17.8 Å². The Morgan fingerprint density at radius 3 is 2.52 bits per heavy atom. The summed E-state index contributed by atoms with van der Waals surface area (Å²) in [7, 11) is 0. The van der Waals surface area contributed by atoms with Crippen molar-refractivity contribution in [3.8, 4) is 0 Å². The van der Waals surface area contributed by atoms with E-state index in [4.69, 9.17) is 4.42 Å². The number of urea groups is 1. The molecule has 2 amide bonds. The molecule has 0 unspecified atom stereocenters. The molecular formula is C15H16F3N3O2. The maximum Gasteiger partial charge on any atom is 0.416 e. The minimum atomic E-state index is -4.46. The Balaban J connectivity index is 2.02. The van der Waals surface area contributed by atoms with Gasteiger partial charge in [0.15, 0.2) is 0 Å². The van der Waals surface area contributed by atoms with Gasteiger partial charge in [-0.3, -0.25) is 0 Å². The lowest BCUT2D eigenvalue weighted by molar-refractivity contribution is -0.137. The molecule has 0 saturated heterocycles. The third-order valence-corrected chi connectivity index (χ3v) is 3.29. The second kappa shape index (κ2) is 6.31. The highest BCUT2D eigenvalue weighted by molar-refractivity contribution is 5.90. The molecule has 0 aliphatic rings. The van der Waals surface area contributed by atoms with Gasteiger partial charge >= 0.3 is 12.2 Å². The van der Waals surface area contributed by atoms with Crippen LogP contribution in [0, 0.1) is 20.8 Å². The van der Waals surface area contributed by atoms with Gasteiger partial charge < -0.3 is 15.1 Å². The monoisotopic (exact) mass is 327 g/mol. The molecule has 0 radical (unpaired) electrons. The fourth-order valence-corrected chi connectivity index (χ4v) is 1.87. The lowest BCUT2D eigenvalue weighted by atomic mass is 10.1. The van der Waals surface area contributed by atoms with E-state index in [0.717, 1.165) is 17.8 Å². The number of hydrogen-bond acceptors (Lipinski definition) is 3. The molecule has 0 aliphatic heterocycles. The van der Waals surface area contributed by atoms with Crippen LogP contribution < -0.4 is 10.6 Å². The number of halogens is 3. The molecule has 124 valence electrons. The summed E-state index contributed by atoms with van der Waals surface area (Å²) in [6, 6.07) is 2.53. The highest BCUT2D eigenvalue weighted by Gasteiger charge is 2.30. The number of benzene rings is 1. The number of rotatable bonds is 3. The fraction of sp³-hybridized carbons (Fsp3) is 0.333. The highest BCUT2D eigenvalue weighted by atomic mass is 19.4. The van der Waals surface area contributed by atoms with Gasteiger partial charge in [-0.15, -0.1) is 0 Å². The molecule has 0 spiro atoms. The van der Waals surface area contributed by atoms with E-state index in [1.54, 1.807) is 20.8 Å². The Morgan fingerprint density at radius 2 is 1.96 bits per heavy atom. The zero-order valence-electron chi connectivity index (χ0n) is 12.8. The summed E-state index contributed by atoms with van der Waals surface area (Å²) in [6.07, 6.45) is -4.46. The lowest BCUT2D eigenvalue weighted by Crippen LogP contribution is -2.28. The van der Waals surface area contributed by atoms with E-state index in [1.807, 2.05) is 0 Å². The molecule has 1 aromatic heterocycles. The largest absolute Gasteiger partial charge is 0.444 e. The standard InChI is InChI=1S/C15H16F3N3O2/c1-8-4-5-11(15(16,17)18)6-12(8)21-14(22)19-7-13-20-9(2)10(3)23-13/h4-6H,7H2,1-3H3,(H2,19,21,22). The number of anilines is 1. The van der Waals surface area contributed by atoms with Crippen LogP contribution in [0.2, 0.25) is 0 Å². The van der Waals surface area contributed by atoms with Crippen LogP contribution in [0.15, 0.2) is 22.6 Å². The van der Waals surface area contributed by atoms with E-state index < -0.39 is 17.8 Å². The summed E-state index contributed by atoms with van der Waals surface area (Å²) in [6.45, 7) is 5.17. The molecule has 0 fully saturated rings. The Hall–Kier alpha value is -2.51. The van der Waals surface area contributed by atoms with Gasteiger partial charge in [0, 0.05) is 5.69 Å². The van der Waals surface area contributed by atoms with Crippen LogP contribution in [0.25, 0.3) is 0 Å². The van der Waals surface area contributed by atoms with Crippen molar-refractivity contribution in [3.63, 3.8) is 0 Å². The maximum absolute atomic E-state index is 12.7. The molecular weight excluding hydrogens is 311 g/mol. The van der Waals surface area contributed by atoms with E-state index in [1.165, 1.54) is 6.07 Å². The number of alkyl halides is 3. The molecule has 1 aromatic carbocycles. The molecule has 0 atom stereocenters.